The molecule has 0 radical (unpaired) electrons. The molecule has 0 spiro atoms. The number of carbonyl (C=O) groups excluding carboxylic acids is 1. The summed E-state index contributed by atoms with van der Waals surface area (Å²) >= 11 is 5.94. The van der Waals surface area contributed by atoms with E-state index in [9.17, 15) is 14.7 Å². The maximum atomic E-state index is 13.1. The van der Waals surface area contributed by atoms with Crippen LogP contribution in [0.4, 0.5) is 5.69 Å². The SMILES string of the molecule is CC1=NN(c2ccc(Cl)c(C(=O)O)c2)C(=O)/C1=C\c1ccc(-c2cccc3ccccc23)o1. The Morgan fingerprint density at radius 2 is 1.85 bits per heavy atom. The van der Waals surface area contributed by atoms with Gasteiger partial charge in [-0.25, -0.2) is 4.79 Å². The molecule has 1 aromatic heterocycles. The van der Waals surface area contributed by atoms with Crippen molar-refractivity contribution >= 4 is 51.7 Å². The van der Waals surface area contributed by atoms with Crippen LogP contribution in [0.25, 0.3) is 28.2 Å². The molecular weight excluding hydrogens is 440 g/mol. The number of halogens is 1. The van der Waals surface area contributed by atoms with Gasteiger partial charge in [0.05, 0.1) is 27.6 Å². The summed E-state index contributed by atoms with van der Waals surface area (Å²) in [5.74, 6) is -0.352. The highest BCUT2D eigenvalue weighted by Gasteiger charge is 2.30. The summed E-state index contributed by atoms with van der Waals surface area (Å²) in [5.41, 5.74) is 2.04. The third-order valence-corrected chi connectivity index (χ3v) is 5.79. The predicted octanol–water partition coefficient (Wildman–Crippen LogP) is 6.26. The van der Waals surface area contributed by atoms with Gasteiger partial charge >= 0.3 is 5.97 Å². The first-order valence-electron chi connectivity index (χ1n) is 10.1. The van der Waals surface area contributed by atoms with Crippen molar-refractivity contribution < 1.29 is 19.1 Å². The van der Waals surface area contributed by atoms with Gasteiger partial charge in [-0.15, -0.1) is 0 Å². The number of nitrogens with zero attached hydrogens (tertiary/aromatic N) is 2. The van der Waals surface area contributed by atoms with Crippen molar-refractivity contribution in [3.05, 3.63) is 94.7 Å². The number of carbonyl (C=O) groups is 2. The Balaban J connectivity index is 1.47. The van der Waals surface area contributed by atoms with Gasteiger partial charge in [-0.1, -0.05) is 54.1 Å². The van der Waals surface area contributed by atoms with Crippen LogP contribution in [0.5, 0.6) is 0 Å². The third-order valence-electron chi connectivity index (χ3n) is 5.46. The topological polar surface area (TPSA) is 83.1 Å². The van der Waals surface area contributed by atoms with E-state index in [1.807, 2.05) is 48.5 Å². The zero-order valence-corrected chi connectivity index (χ0v) is 18.2. The Bertz CT molecular complexity index is 1490. The normalized spacial score (nSPS) is 14.8. The Hall–Kier alpha value is -4.16. The summed E-state index contributed by atoms with van der Waals surface area (Å²) in [7, 11) is 0. The first-order chi connectivity index (χ1) is 15.9. The number of aromatic carboxylic acids is 1. The molecule has 6 nitrogen and oxygen atoms in total. The van der Waals surface area contributed by atoms with E-state index in [0.29, 0.717) is 28.5 Å². The summed E-state index contributed by atoms with van der Waals surface area (Å²) in [4.78, 5) is 24.5. The second kappa shape index (κ2) is 8.07. The summed E-state index contributed by atoms with van der Waals surface area (Å²) in [6, 6.07) is 22.1. The molecule has 0 saturated carbocycles. The molecule has 2 heterocycles. The average molecular weight is 457 g/mol. The zero-order valence-electron chi connectivity index (χ0n) is 17.4. The van der Waals surface area contributed by atoms with Crippen LogP contribution in [0.1, 0.15) is 23.0 Å². The lowest BCUT2D eigenvalue weighted by Gasteiger charge is -2.12. The summed E-state index contributed by atoms with van der Waals surface area (Å²) in [6.07, 6.45) is 1.64. The van der Waals surface area contributed by atoms with Crippen molar-refractivity contribution in [1.29, 1.82) is 0 Å². The molecule has 0 atom stereocenters. The molecule has 0 bridgehead atoms. The summed E-state index contributed by atoms with van der Waals surface area (Å²) in [5, 5.41) is 17.1. The van der Waals surface area contributed by atoms with Crippen LogP contribution in [0.3, 0.4) is 0 Å². The molecule has 3 aromatic carbocycles. The van der Waals surface area contributed by atoms with Crippen LogP contribution < -0.4 is 5.01 Å². The standard InChI is InChI=1S/C26H17ClN2O4/c1-15-21(25(30)29(28-15)17-9-11-23(27)22(13-17)26(31)32)14-18-10-12-24(33-18)20-8-4-6-16-5-2-3-7-19(16)20/h2-14H,1H3,(H,31,32)/b21-14-. The number of amides is 1. The van der Waals surface area contributed by atoms with E-state index in [-0.39, 0.29) is 16.5 Å². The Morgan fingerprint density at radius 1 is 1.06 bits per heavy atom. The highest BCUT2D eigenvalue weighted by atomic mass is 35.5. The molecule has 5 rings (SSSR count). The molecule has 0 aliphatic carbocycles. The molecule has 1 N–H and O–H groups in total. The molecule has 7 heteroatoms. The molecular formula is C26H17ClN2O4. The van der Waals surface area contributed by atoms with Crippen molar-refractivity contribution in [2.75, 3.05) is 5.01 Å². The minimum Gasteiger partial charge on any atom is -0.478 e. The van der Waals surface area contributed by atoms with Crippen molar-refractivity contribution in [1.82, 2.24) is 0 Å². The molecule has 0 unspecified atom stereocenters. The first kappa shape index (κ1) is 20.7. The monoisotopic (exact) mass is 456 g/mol. The highest BCUT2D eigenvalue weighted by Crippen LogP contribution is 2.32. The van der Waals surface area contributed by atoms with E-state index in [0.717, 1.165) is 16.3 Å². The number of anilines is 1. The van der Waals surface area contributed by atoms with E-state index < -0.39 is 5.97 Å². The second-order valence-corrected chi connectivity index (χ2v) is 7.97. The number of rotatable bonds is 4. The van der Waals surface area contributed by atoms with Gasteiger partial charge < -0.3 is 9.52 Å². The van der Waals surface area contributed by atoms with Crippen LogP contribution in [0.2, 0.25) is 5.02 Å². The number of carboxylic acids is 1. The Labute approximate surface area is 194 Å². The first-order valence-corrected chi connectivity index (χ1v) is 10.5. The summed E-state index contributed by atoms with van der Waals surface area (Å²) < 4.78 is 6.05. The van der Waals surface area contributed by atoms with E-state index >= 15 is 0 Å². The lowest BCUT2D eigenvalue weighted by Crippen LogP contribution is -2.21. The van der Waals surface area contributed by atoms with Gasteiger partial charge in [0.15, 0.2) is 0 Å². The van der Waals surface area contributed by atoms with Crippen molar-refractivity contribution in [2.45, 2.75) is 6.92 Å². The second-order valence-electron chi connectivity index (χ2n) is 7.56. The fourth-order valence-electron chi connectivity index (χ4n) is 3.83. The zero-order chi connectivity index (χ0) is 23.1. The van der Waals surface area contributed by atoms with Crippen LogP contribution in [-0.4, -0.2) is 22.7 Å². The van der Waals surface area contributed by atoms with E-state index in [1.165, 1.54) is 17.1 Å². The number of hydrogen-bond donors (Lipinski definition) is 1. The molecule has 1 aliphatic heterocycles. The largest absolute Gasteiger partial charge is 0.478 e. The average Bonchev–Trinajstić information content (AvgIpc) is 3.39. The molecule has 4 aromatic rings. The van der Waals surface area contributed by atoms with Crippen LogP contribution >= 0.6 is 11.6 Å². The van der Waals surface area contributed by atoms with E-state index in [1.54, 1.807) is 25.1 Å². The minimum absolute atomic E-state index is 0.0888. The number of carboxylic acid groups (broad SMARTS) is 1. The van der Waals surface area contributed by atoms with Gasteiger partial charge in [0.1, 0.15) is 11.5 Å². The molecule has 1 aliphatic rings. The number of benzene rings is 3. The number of fused-ring (bicyclic) bond motifs is 1. The summed E-state index contributed by atoms with van der Waals surface area (Å²) in [6.45, 7) is 1.71. The van der Waals surface area contributed by atoms with Gasteiger partial charge in [0.2, 0.25) is 0 Å². The quantitative estimate of drug-likeness (QED) is 0.367. The van der Waals surface area contributed by atoms with Crippen molar-refractivity contribution in [2.24, 2.45) is 5.10 Å². The Kier molecular flexibility index (Phi) is 5.07. The molecule has 0 fully saturated rings. The van der Waals surface area contributed by atoms with Gasteiger partial charge in [-0.3, -0.25) is 4.79 Å². The van der Waals surface area contributed by atoms with Gasteiger partial charge in [0, 0.05) is 5.56 Å². The van der Waals surface area contributed by atoms with Crippen molar-refractivity contribution in [3.63, 3.8) is 0 Å². The predicted molar refractivity (Wildman–Crippen MR) is 129 cm³/mol. The highest BCUT2D eigenvalue weighted by molar-refractivity contribution is 6.34. The maximum absolute atomic E-state index is 13.1. The fraction of sp³-hybridized carbons (Fsp3) is 0.0385. The fourth-order valence-corrected chi connectivity index (χ4v) is 4.02. The number of hydrazone groups is 1. The van der Waals surface area contributed by atoms with Gasteiger partial charge in [0.25, 0.3) is 5.91 Å². The van der Waals surface area contributed by atoms with Gasteiger partial charge in [-0.05, 0) is 54.1 Å². The van der Waals surface area contributed by atoms with E-state index in [2.05, 4.69) is 5.10 Å². The number of furan rings is 1. The molecule has 162 valence electrons. The molecule has 33 heavy (non-hydrogen) atoms. The van der Waals surface area contributed by atoms with Crippen LogP contribution in [-0.2, 0) is 4.79 Å². The maximum Gasteiger partial charge on any atom is 0.337 e. The lowest BCUT2D eigenvalue weighted by molar-refractivity contribution is -0.114. The Morgan fingerprint density at radius 3 is 2.67 bits per heavy atom. The third kappa shape index (κ3) is 3.70. The van der Waals surface area contributed by atoms with Crippen molar-refractivity contribution in [3.8, 4) is 11.3 Å². The molecule has 0 saturated heterocycles. The smallest absolute Gasteiger partial charge is 0.337 e. The van der Waals surface area contributed by atoms with Crippen LogP contribution in [0.15, 0.2) is 87.9 Å². The lowest BCUT2D eigenvalue weighted by atomic mass is 10.0. The van der Waals surface area contributed by atoms with E-state index in [4.69, 9.17) is 16.0 Å². The number of hydrogen-bond acceptors (Lipinski definition) is 4. The molecule has 1 amide bonds. The van der Waals surface area contributed by atoms with Gasteiger partial charge in [-0.2, -0.15) is 10.1 Å². The minimum atomic E-state index is -1.18. The van der Waals surface area contributed by atoms with Crippen LogP contribution in [0, 0.1) is 0 Å².